The zero-order valence-electron chi connectivity index (χ0n) is 11.4. The van der Waals surface area contributed by atoms with Gasteiger partial charge in [0.05, 0.1) is 24.1 Å². The van der Waals surface area contributed by atoms with E-state index in [0.717, 1.165) is 0 Å². The van der Waals surface area contributed by atoms with Crippen molar-refractivity contribution in [3.63, 3.8) is 0 Å². The minimum absolute atomic E-state index is 0.114. The first-order valence-corrected chi connectivity index (χ1v) is 5.94. The Kier molecular flexibility index (Phi) is 3.56. The Balaban J connectivity index is 2.63. The van der Waals surface area contributed by atoms with E-state index in [1.165, 1.54) is 11.8 Å². The van der Waals surface area contributed by atoms with Crippen molar-refractivity contribution < 1.29 is 19.4 Å². The van der Waals surface area contributed by atoms with E-state index in [0.29, 0.717) is 22.8 Å². The average Bonchev–Trinajstić information content (AvgIpc) is 2.73. The summed E-state index contributed by atoms with van der Waals surface area (Å²) in [6.45, 7) is 3.26. The first kappa shape index (κ1) is 13.8. The molecule has 0 saturated carbocycles. The minimum atomic E-state index is -1.49. The van der Waals surface area contributed by atoms with E-state index in [1.54, 1.807) is 26.0 Å². The van der Waals surface area contributed by atoms with Crippen molar-refractivity contribution in [2.24, 2.45) is 0 Å². The number of rotatable bonds is 4. The summed E-state index contributed by atoms with van der Waals surface area (Å²) in [5, 5.41) is 13.1. The van der Waals surface area contributed by atoms with E-state index in [2.05, 4.69) is 5.10 Å². The second-order valence-electron chi connectivity index (χ2n) is 4.26. The van der Waals surface area contributed by atoms with Gasteiger partial charge in [-0.2, -0.15) is 5.10 Å². The number of carboxylic acids is 1. The Hall–Kier alpha value is -2.63. The van der Waals surface area contributed by atoms with Crippen molar-refractivity contribution in [2.45, 2.75) is 13.8 Å². The Bertz CT molecular complexity index is 688. The van der Waals surface area contributed by atoms with Crippen LogP contribution in [0.25, 0.3) is 5.69 Å². The number of hydrogen-bond donors (Lipinski definition) is 1. The van der Waals surface area contributed by atoms with Crippen LogP contribution >= 0.6 is 0 Å². The molecule has 0 aliphatic heterocycles. The van der Waals surface area contributed by atoms with E-state index >= 15 is 0 Å². The minimum Gasteiger partial charge on any atom is -0.494 e. The highest BCUT2D eigenvalue weighted by Gasteiger charge is 2.25. The summed E-state index contributed by atoms with van der Waals surface area (Å²) in [7, 11) is 1.54. The molecular formula is C14H14N2O4. The number of aliphatic carboxylic acids is 1. The number of carbonyl (C=O) groups is 2. The van der Waals surface area contributed by atoms with Crippen LogP contribution in [-0.4, -0.2) is 33.7 Å². The Morgan fingerprint density at radius 1 is 1.25 bits per heavy atom. The molecule has 0 fully saturated rings. The van der Waals surface area contributed by atoms with Gasteiger partial charge in [-0.25, -0.2) is 9.48 Å². The summed E-state index contributed by atoms with van der Waals surface area (Å²) in [6.07, 6.45) is 0. The molecule has 2 rings (SSSR count). The lowest BCUT2D eigenvalue weighted by Crippen LogP contribution is -2.14. The molecule has 6 nitrogen and oxygen atoms in total. The number of para-hydroxylation sites is 2. The summed E-state index contributed by atoms with van der Waals surface area (Å²) in [4.78, 5) is 22.6. The lowest BCUT2D eigenvalue weighted by molar-refractivity contribution is -0.131. The molecular weight excluding hydrogens is 260 g/mol. The predicted octanol–water partition coefficient (Wildman–Crippen LogP) is 1.77. The van der Waals surface area contributed by atoms with Crippen LogP contribution in [0.15, 0.2) is 24.3 Å². The number of Topliss-reactive ketones (excluding diaryl/α,β-unsaturated/α-hetero) is 1. The van der Waals surface area contributed by atoms with Gasteiger partial charge in [-0.3, -0.25) is 4.79 Å². The fraction of sp³-hybridized carbons (Fsp3) is 0.214. The number of ketones is 1. The molecule has 0 radical (unpaired) electrons. The van der Waals surface area contributed by atoms with Gasteiger partial charge in [0.25, 0.3) is 5.78 Å². The van der Waals surface area contributed by atoms with E-state index in [-0.39, 0.29) is 5.56 Å². The second kappa shape index (κ2) is 5.16. The van der Waals surface area contributed by atoms with Crippen LogP contribution < -0.4 is 4.74 Å². The Labute approximate surface area is 115 Å². The molecule has 20 heavy (non-hydrogen) atoms. The van der Waals surface area contributed by atoms with Crippen molar-refractivity contribution in [3.8, 4) is 11.4 Å². The number of aromatic nitrogens is 2. The van der Waals surface area contributed by atoms with E-state index < -0.39 is 11.8 Å². The summed E-state index contributed by atoms with van der Waals surface area (Å²) in [6, 6.07) is 7.18. The van der Waals surface area contributed by atoms with E-state index in [1.807, 2.05) is 12.1 Å². The normalized spacial score (nSPS) is 10.3. The van der Waals surface area contributed by atoms with Gasteiger partial charge in [0.15, 0.2) is 0 Å². The number of ether oxygens (including phenoxy) is 1. The third-order valence-corrected chi connectivity index (χ3v) is 3.03. The molecule has 0 bridgehead atoms. The summed E-state index contributed by atoms with van der Waals surface area (Å²) >= 11 is 0. The van der Waals surface area contributed by atoms with Crippen molar-refractivity contribution in [2.75, 3.05) is 7.11 Å². The molecule has 1 aromatic heterocycles. The predicted molar refractivity (Wildman–Crippen MR) is 71.6 cm³/mol. The van der Waals surface area contributed by atoms with Crippen molar-refractivity contribution in [1.29, 1.82) is 0 Å². The first-order chi connectivity index (χ1) is 9.47. The highest BCUT2D eigenvalue weighted by atomic mass is 16.5. The lowest BCUT2D eigenvalue weighted by Gasteiger charge is -2.09. The van der Waals surface area contributed by atoms with Gasteiger partial charge in [0.1, 0.15) is 11.4 Å². The number of hydrogen-bond acceptors (Lipinski definition) is 4. The largest absolute Gasteiger partial charge is 0.494 e. The number of nitrogens with zero attached hydrogens (tertiary/aromatic N) is 2. The van der Waals surface area contributed by atoms with Gasteiger partial charge in [-0.05, 0) is 26.0 Å². The number of carbonyl (C=O) groups excluding carboxylic acids is 1. The van der Waals surface area contributed by atoms with E-state index in [4.69, 9.17) is 9.84 Å². The molecule has 2 aromatic rings. The van der Waals surface area contributed by atoms with Crippen LogP contribution in [0.4, 0.5) is 0 Å². The monoisotopic (exact) mass is 274 g/mol. The molecule has 1 N–H and O–H groups in total. The number of aryl methyl sites for hydroxylation is 1. The van der Waals surface area contributed by atoms with Gasteiger partial charge in [0, 0.05) is 0 Å². The zero-order chi connectivity index (χ0) is 14.9. The van der Waals surface area contributed by atoms with E-state index in [9.17, 15) is 9.59 Å². The molecule has 104 valence electrons. The van der Waals surface area contributed by atoms with Crippen LogP contribution in [0, 0.1) is 13.8 Å². The van der Waals surface area contributed by atoms with Gasteiger partial charge >= 0.3 is 5.97 Å². The summed E-state index contributed by atoms with van der Waals surface area (Å²) < 4.78 is 6.77. The van der Waals surface area contributed by atoms with Gasteiger partial charge < -0.3 is 9.84 Å². The maximum atomic E-state index is 11.7. The molecule has 6 heteroatoms. The van der Waals surface area contributed by atoms with Crippen LogP contribution in [0.3, 0.4) is 0 Å². The lowest BCUT2D eigenvalue weighted by atomic mass is 10.1. The standard InChI is InChI=1S/C14H14N2O4/c1-8-12(13(17)14(18)19)9(2)16(15-8)10-6-4-5-7-11(10)20-3/h4-7H,1-3H3,(H,18,19). The summed E-state index contributed by atoms with van der Waals surface area (Å²) in [5.41, 5.74) is 1.61. The number of benzene rings is 1. The van der Waals surface area contributed by atoms with Crippen molar-refractivity contribution >= 4 is 11.8 Å². The molecule has 0 amide bonds. The maximum absolute atomic E-state index is 11.7. The highest BCUT2D eigenvalue weighted by molar-refractivity contribution is 6.40. The summed E-state index contributed by atoms with van der Waals surface area (Å²) in [5.74, 6) is -1.86. The molecule has 0 spiro atoms. The molecule has 0 unspecified atom stereocenters. The second-order valence-corrected chi connectivity index (χ2v) is 4.26. The fourth-order valence-corrected chi connectivity index (χ4v) is 2.12. The average molecular weight is 274 g/mol. The molecule has 1 aromatic carbocycles. The SMILES string of the molecule is COc1ccccc1-n1nc(C)c(C(=O)C(=O)O)c1C. The topological polar surface area (TPSA) is 81.4 Å². The fourth-order valence-electron chi connectivity index (χ4n) is 2.12. The number of carboxylic acid groups (broad SMARTS) is 1. The van der Waals surface area contributed by atoms with Crippen LogP contribution in [0.5, 0.6) is 5.75 Å². The Morgan fingerprint density at radius 2 is 1.90 bits per heavy atom. The van der Waals surface area contributed by atoms with Crippen molar-refractivity contribution in [1.82, 2.24) is 9.78 Å². The molecule has 0 aliphatic rings. The third-order valence-electron chi connectivity index (χ3n) is 3.03. The van der Waals surface area contributed by atoms with Gasteiger partial charge in [0.2, 0.25) is 0 Å². The smallest absolute Gasteiger partial charge is 0.377 e. The third kappa shape index (κ3) is 2.16. The van der Waals surface area contributed by atoms with Crippen LogP contribution in [0.2, 0.25) is 0 Å². The quantitative estimate of drug-likeness (QED) is 0.678. The molecule has 0 atom stereocenters. The van der Waals surface area contributed by atoms with Crippen LogP contribution in [-0.2, 0) is 4.79 Å². The van der Waals surface area contributed by atoms with Gasteiger partial charge in [-0.1, -0.05) is 12.1 Å². The Morgan fingerprint density at radius 3 is 2.50 bits per heavy atom. The zero-order valence-corrected chi connectivity index (χ0v) is 11.4. The highest BCUT2D eigenvalue weighted by Crippen LogP contribution is 2.25. The van der Waals surface area contributed by atoms with Crippen LogP contribution in [0.1, 0.15) is 21.7 Å². The van der Waals surface area contributed by atoms with Crippen molar-refractivity contribution in [3.05, 3.63) is 41.2 Å². The van der Waals surface area contributed by atoms with Gasteiger partial charge in [-0.15, -0.1) is 0 Å². The molecule has 0 saturated heterocycles. The molecule has 1 heterocycles. The number of methoxy groups -OCH3 is 1. The molecule has 0 aliphatic carbocycles. The maximum Gasteiger partial charge on any atom is 0.377 e. The first-order valence-electron chi connectivity index (χ1n) is 5.94.